The Morgan fingerprint density at radius 2 is 2.29 bits per heavy atom. The third kappa shape index (κ3) is 3.62. The van der Waals surface area contributed by atoms with Gasteiger partial charge in [-0.05, 0) is 31.9 Å². The van der Waals surface area contributed by atoms with Gasteiger partial charge < -0.3 is 24.8 Å². The van der Waals surface area contributed by atoms with Gasteiger partial charge in [-0.15, -0.1) is 0 Å². The molecule has 3 heterocycles. The number of hydrogen-bond acceptors (Lipinski definition) is 6. The topological polar surface area (TPSA) is 73.3 Å². The van der Waals surface area contributed by atoms with E-state index in [1.54, 1.807) is 18.3 Å². The molecule has 1 fully saturated rings. The zero-order valence-electron chi connectivity index (χ0n) is 16.3. The fourth-order valence-electron chi connectivity index (χ4n) is 4.28. The Labute approximate surface area is 164 Å². The average molecular weight is 387 g/mol. The molecular formula is C20H26FN5O2. The van der Waals surface area contributed by atoms with Crippen LogP contribution in [0.2, 0.25) is 0 Å². The molecular weight excluding hydrogens is 361 g/mol. The second kappa shape index (κ2) is 7.52. The first kappa shape index (κ1) is 18.9. The molecule has 4 rings (SSSR count). The van der Waals surface area contributed by atoms with Gasteiger partial charge >= 0.3 is 0 Å². The molecule has 1 aromatic heterocycles. The fraction of sp³-hybridized carbons (Fsp3) is 0.500. The van der Waals surface area contributed by atoms with Crippen LogP contribution < -0.4 is 15.0 Å². The van der Waals surface area contributed by atoms with Crippen LogP contribution >= 0.6 is 0 Å². The molecule has 1 N–H and O–H groups in total. The molecule has 1 aromatic carbocycles. The van der Waals surface area contributed by atoms with Crippen molar-refractivity contribution in [2.24, 2.45) is 0 Å². The number of anilines is 2. The van der Waals surface area contributed by atoms with Gasteiger partial charge in [-0.25, -0.2) is 9.37 Å². The van der Waals surface area contributed by atoms with Gasteiger partial charge in [-0.1, -0.05) is 0 Å². The molecule has 0 spiro atoms. The van der Waals surface area contributed by atoms with Crippen molar-refractivity contribution in [1.82, 2.24) is 9.97 Å². The number of nitrogens with zero attached hydrogens (tertiary/aromatic N) is 4. The lowest BCUT2D eigenvalue weighted by Crippen LogP contribution is -2.47. The SMILES string of the molecule is CCNc1ncc2c(n1)N1CCCC1C[N+]([O-])(Cc1ccc(OC)cc1F)C2. The summed E-state index contributed by atoms with van der Waals surface area (Å²) in [6.07, 6.45) is 3.73. The number of halogens is 1. The van der Waals surface area contributed by atoms with Crippen LogP contribution in [-0.2, 0) is 13.1 Å². The van der Waals surface area contributed by atoms with Crippen LogP contribution in [0.15, 0.2) is 24.4 Å². The molecule has 2 aliphatic rings. The van der Waals surface area contributed by atoms with Crippen LogP contribution in [0.25, 0.3) is 0 Å². The molecule has 0 aliphatic carbocycles. The first-order valence-electron chi connectivity index (χ1n) is 9.77. The van der Waals surface area contributed by atoms with Crippen LogP contribution in [0, 0.1) is 11.0 Å². The Bertz CT molecular complexity index is 864. The van der Waals surface area contributed by atoms with E-state index in [0.29, 0.717) is 23.8 Å². The second-order valence-corrected chi connectivity index (χ2v) is 7.58. The highest BCUT2D eigenvalue weighted by atomic mass is 19.1. The van der Waals surface area contributed by atoms with E-state index in [4.69, 9.17) is 4.74 Å². The molecule has 150 valence electrons. The van der Waals surface area contributed by atoms with Gasteiger partial charge in [0.25, 0.3) is 0 Å². The third-order valence-electron chi connectivity index (χ3n) is 5.55. The minimum atomic E-state index is -0.513. The van der Waals surface area contributed by atoms with Crippen molar-refractivity contribution in [3.05, 3.63) is 46.5 Å². The molecule has 8 heteroatoms. The van der Waals surface area contributed by atoms with E-state index in [2.05, 4.69) is 20.2 Å². The summed E-state index contributed by atoms with van der Waals surface area (Å²) in [5.41, 5.74) is 1.24. The maximum atomic E-state index is 14.5. The third-order valence-corrected chi connectivity index (χ3v) is 5.55. The first-order valence-corrected chi connectivity index (χ1v) is 9.77. The molecule has 7 nitrogen and oxygen atoms in total. The summed E-state index contributed by atoms with van der Waals surface area (Å²) in [5.74, 6) is 1.48. The van der Waals surface area contributed by atoms with Crippen molar-refractivity contribution in [3.8, 4) is 5.75 Å². The molecule has 2 aliphatic heterocycles. The number of nitrogens with one attached hydrogen (secondary N) is 1. The minimum Gasteiger partial charge on any atom is -0.632 e. The summed E-state index contributed by atoms with van der Waals surface area (Å²) in [7, 11) is 1.50. The molecule has 0 amide bonds. The molecule has 2 atom stereocenters. The molecule has 0 bridgehead atoms. The number of fused-ring (bicyclic) bond motifs is 3. The van der Waals surface area contributed by atoms with E-state index >= 15 is 0 Å². The van der Waals surface area contributed by atoms with Crippen molar-refractivity contribution < 1.29 is 13.8 Å². The molecule has 0 radical (unpaired) electrons. The lowest BCUT2D eigenvalue weighted by atomic mass is 10.1. The van der Waals surface area contributed by atoms with Crippen LogP contribution in [0.4, 0.5) is 16.2 Å². The van der Waals surface area contributed by atoms with Gasteiger partial charge in [0.2, 0.25) is 5.95 Å². The molecule has 2 unspecified atom stereocenters. The summed E-state index contributed by atoms with van der Waals surface area (Å²) in [4.78, 5) is 11.3. The maximum Gasteiger partial charge on any atom is 0.224 e. The number of aromatic nitrogens is 2. The monoisotopic (exact) mass is 387 g/mol. The van der Waals surface area contributed by atoms with Crippen molar-refractivity contribution in [2.45, 2.75) is 38.9 Å². The molecule has 28 heavy (non-hydrogen) atoms. The standard InChI is InChI=1S/C20H26FN5O2/c1-3-22-20-23-10-15-12-26(27,11-14-6-7-17(28-2)9-18(14)21)13-16-5-4-8-25(16)19(15)24-20/h6-7,9-10,16H,3-5,8,11-13H2,1-2H3,(H,22,23,24). The number of benzene rings is 1. The van der Waals surface area contributed by atoms with Gasteiger partial charge in [-0.3, -0.25) is 0 Å². The Hall–Kier alpha value is -2.45. The second-order valence-electron chi connectivity index (χ2n) is 7.58. The Balaban J connectivity index is 1.67. The average Bonchev–Trinajstić information content (AvgIpc) is 3.08. The number of rotatable bonds is 5. The van der Waals surface area contributed by atoms with E-state index in [0.717, 1.165) is 37.3 Å². The van der Waals surface area contributed by atoms with Crippen molar-refractivity contribution >= 4 is 11.8 Å². The number of ether oxygens (including phenoxy) is 1. The molecule has 2 aromatic rings. The smallest absolute Gasteiger partial charge is 0.224 e. The maximum absolute atomic E-state index is 14.5. The van der Waals surface area contributed by atoms with E-state index in [9.17, 15) is 9.60 Å². The lowest BCUT2D eigenvalue weighted by molar-refractivity contribution is -0.907. The van der Waals surface area contributed by atoms with Crippen molar-refractivity contribution in [1.29, 1.82) is 0 Å². The van der Waals surface area contributed by atoms with E-state index in [1.165, 1.54) is 13.2 Å². The number of quaternary nitrogens is 1. The highest BCUT2D eigenvalue weighted by Gasteiger charge is 2.38. The van der Waals surface area contributed by atoms with E-state index in [-0.39, 0.29) is 19.1 Å². The van der Waals surface area contributed by atoms with Gasteiger partial charge in [0.05, 0.1) is 25.3 Å². The summed E-state index contributed by atoms with van der Waals surface area (Å²) in [5, 5.41) is 16.9. The quantitative estimate of drug-likeness (QED) is 0.628. The lowest BCUT2D eigenvalue weighted by Gasteiger charge is -2.43. The number of hydroxylamine groups is 3. The van der Waals surface area contributed by atoms with Gasteiger partial charge in [-0.2, -0.15) is 4.98 Å². The largest absolute Gasteiger partial charge is 0.632 e. The van der Waals surface area contributed by atoms with E-state index < -0.39 is 10.5 Å². The summed E-state index contributed by atoms with van der Waals surface area (Å²) < 4.78 is 19.0. The Morgan fingerprint density at radius 3 is 3.04 bits per heavy atom. The van der Waals surface area contributed by atoms with Crippen LogP contribution in [0.3, 0.4) is 0 Å². The van der Waals surface area contributed by atoms with Gasteiger partial charge in [0.1, 0.15) is 30.5 Å². The Morgan fingerprint density at radius 1 is 1.43 bits per heavy atom. The summed E-state index contributed by atoms with van der Waals surface area (Å²) in [6.45, 7) is 4.35. The predicted octanol–water partition coefficient (Wildman–Crippen LogP) is 3.05. The fourth-order valence-corrected chi connectivity index (χ4v) is 4.28. The highest BCUT2D eigenvalue weighted by molar-refractivity contribution is 5.51. The van der Waals surface area contributed by atoms with Crippen LogP contribution in [0.1, 0.15) is 30.9 Å². The number of methoxy groups -OCH3 is 1. The molecule has 0 saturated carbocycles. The van der Waals surface area contributed by atoms with E-state index in [1.807, 2.05) is 6.92 Å². The van der Waals surface area contributed by atoms with Crippen molar-refractivity contribution in [2.75, 3.05) is 37.0 Å². The number of hydrogen-bond donors (Lipinski definition) is 1. The van der Waals surface area contributed by atoms with Gasteiger partial charge in [0, 0.05) is 30.9 Å². The first-order chi connectivity index (χ1) is 13.5. The van der Waals surface area contributed by atoms with Crippen LogP contribution in [-0.4, -0.2) is 47.4 Å². The Kier molecular flexibility index (Phi) is 5.07. The zero-order valence-corrected chi connectivity index (χ0v) is 16.3. The zero-order chi connectivity index (χ0) is 19.7. The normalized spacial score (nSPS) is 23.7. The van der Waals surface area contributed by atoms with Gasteiger partial charge in [0.15, 0.2) is 0 Å². The molecule has 1 saturated heterocycles. The summed E-state index contributed by atoms with van der Waals surface area (Å²) >= 11 is 0. The summed E-state index contributed by atoms with van der Waals surface area (Å²) in [6, 6.07) is 4.80. The minimum absolute atomic E-state index is 0.0779. The highest BCUT2D eigenvalue weighted by Crippen LogP contribution is 2.36. The van der Waals surface area contributed by atoms with Crippen molar-refractivity contribution in [3.63, 3.8) is 0 Å². The predicted molar refractivity (Wildman–Crippen MR) is 105 cm³/mol. The van der Waals surface area contributed by atoms with Crippen LogP contribution in [0.5, 0.6) is 5.75 Å².